The molecule has 2 N–H and O–H groups in total. The zero-order chi connectivity index (χ0) is 15.6. The molecule has 2 aliphatic carbocycles. The molecule has 0 bridgehead atoms. The Morgan fingerprint density at radius 3 is 2.59 bits per heavy atom. The highest BCUT2D eigenvalue weighted by Crippen LogP contribution is 2.42. The van der Waals surface area contributed by atoms with Gasteiger partial charge in [-0.05, 0) is 43.6 Å². The molecule has 1 aromatic heterocycles. The number of thiophene rings is 1. The van der Waals surface area contributed by atoms with E-state index >= 15 is 0 Å². The number of carbonyl (C=O) groups is 2. The molecule has 2 fully saturated rings. The van der Waals surface area contributed by atoms with E-state index in [0.717, 1.165) is 37.0 Å². The normalized spacial score (nSPS) is 27.5. The van der Waals surface area contributed by atoms with Crippen molar-refractivity contribution in [2.75, 3.05) is 0 Å². The molecular weight excluding hydrogens is 298 g/mol. The van der Waals surface area contributed by atoms with Gasteiger partial charge in [-0.15, -0.1) is 11.3 Å². The molecule has 0 unspecified atom stereocenters. The summed E-state index contributed by atoms with van der Waals surface area (Å²) in [5.74, 6) is -0.914. The molecule has 2 saturated carbocycles. The van der Waals surface area contributed by atoms with Gasteiger partial charge in [-0.25, -0.2) is 0 Å². The molecule has 5 heteroatoms. The van der Waals surface area contributed by atoms with Gasteiger partial charge in [-0.3, -0.25) is 9.59 Å². The Bertz CT molecular complexity index is 534. The topological polar surface area (TPSA) is 66.4 Å². The van der Waals surface area contributed by atoms with E-state index in [-0.39, 0.29) is 23.3 Å². The minimum Gasteiger partial charge on any atom is -0.481 e. The maximum absolute atomic E-state index is 13.0. The van der Waals surface area contributed by atoms with Crippen molar-refractivity contribution in [2.45, 2.75) is 62.8 Å². The number of carbonyl (C=O) groups excluding carboxylic acids is 1. The summed E-state index contributed by atoms with van der Waals surface area (Å²) in [5.41, 5.74) is -0.381. The lowest BCUT2D eigenvalue weighted by atomic mass is 9.72. The smallest absolute Gasteiger partial charge is 0.306 e. The predicted octanol–water partition coefficient (Wildman–Crippen LogP) is 3.32. The first-order valence-corrected chi connectivity index (χ1v) is 9.07. The molecule has 0 saturated heterocycles. The van der Waals surface area contributed by atoms with Crippen LogP contribution in [0.15, 0.2) is 17.5 Å². The average molecular weight is 321 g/mol. The fourth-order valence-corrected chi connectivity index (χ4v) is 4.94. The molecule has 0 radical (unpaired) electrons. The van der Waals surface area contributed by atoms with E-state index in [4.69, 9.17) is 5.11 Å². The van der Waals surface area contributed by atoms with Crippen LogP contribution in [0.1, 0.15) is 56.2 Å². The highest BCUT2D eigenvalue weighted by molar-refractivity contribution is 7.10. The van der Waals surface area contributed by atoms with Crippen molar-refractivity contribution in [2.24, 2.45) is 5.92 Å². The second-order valence-electron chi connectivity index (χ2n) is 6.64. The zero-order valence-corrected chi connectivity index (χ0v) is 13.5. The third kappa shape index (κ3) is 2.91. The minimum atomic E-state index is -0.734. The highest BCUT2D eigenvalue weighted by atomic mass is 32.1. The Hall–Kier alpha value is -1.36. The van der Waals surface area contributed by atoms with Crippen LogP contribution in [0.4, 0.5) is 0 Å². The average Bonchev–Trinajstić information content (AvgIpc) is 3.19. The predicted molar refractivity (Wildman–Crippen MR) is 86.0 cm³/mol. The maximum Gasteiger partial charge on any atom is 0.306 e. The fraction of sp³-hybridized carbons (Fsp3) is 0.647. The molecule has 1 aromatic rings. The van der Waals surface area contributed by atoms with Crippen LogP contribution in [0.25, 0.3) is 0 Å². The first-order chi connectivity index (χ1) is 10.6. The molecule has 1 amide bonds. The summed E-state index contributed by atoms with van der Waals surface area (Å²) in [4.78, 5) is 25.2. The lowest BCUT2D eigenvalue weighted by Gasteiger charge is -2.36. The van der Waals surface area contributed by atoms with Crippen molar-refractivity contribution >= 4 is 23.2 Å². The highest BCUT2D eigenvalue weighted by Gasteiger charge is 2.43. The van der Waals surface area contributed by atoms with E-state index in [1.807, 2.05) is 11.4 Å². The lowest BCUT2D eigenvalue weighted by Crippen LogP contribution is -2.48. The van der Waals surface area contributed by atoms with Crippen LogP contribution >= 0.6 is 11.3 Å². The van der Waals surface area contributed by atoms with E-state index < -0.39 is 5.97 Å². The molecule has 0 aromatic carbocycles. The number of hydrogen-bond donors (Lipinski definition) is 2. The molecule has 2 aliphatic rings. The van der Waals surface area contributed by atoms with Crippen molar-refractivity contribution in [3.8, 4) is 0 Å². The van der Waals surface area contributed by atoms with Gasteiger partial charge in [0.05, 0.1) is 11.3 Å². The van der Waals surface area contributed by atoms with Crippen molar-refractivity contribution in [1.82, 2.24) is 5.32 Å². The van der Waals surface area contributed by atoms with Crippen LogP contribution in [0, 0.1) is 5.92 Å². The largest absolute Gasteiger partial charge is 0.481 e. The second kappa shape index (κ2) is 6.41. The van der Waals surface area contributed by atoms with Gasteiger partial charge in [0.15, 0.2) is 0 Å². The molecular formula is C17H23NO3S. The number of hydrogen-bond acceptors (Lipinski definition) is 3. The van der Waals surface area contributed by atoms with Crippen LogP contribution in [0.2, 0.25) is 0 Å². The van der Waals surface area contributed by atoms with Gasteiger partial charge in [0.2, 0.25) is 5.91 Å². The van der Waals surface area contributed by atoms with E-state index in [2.05, 4.69) is 11.4 Å². The Labute approximate surface area is 134 Å². The zero-order valence-electron chi connectivity index (χ0n) is 12.7. The first-order valence-electron chi connectivity index (χ1n) is 8.19. The third-order valence-electron chi connectivity index (χ3n) is 5.25. The monoisotopic (exact) mass is 321 g/mol. The molecule has 3 rings (SSSR count). The van der Waals surface area contributed by atoms with Crippen LogP contribution in [0.3, 0.4) is 0 Å². The molecule has 120 valence electrons. The lowest BCUT2D eigenvalue weighted by molar-refractivity contribution is -0.141. The van der Waals surface area contributed by atoms with Gasteiger partial charge >= 0.3 is 5.97 Å². The SMILES string of the molecule is O=C(O)[C@H]1CC[C@@H](NC(=O)C2(c3cccs3)CCCCC2)C1. The van der Waals surface area contributed by atoms with E-state index in [1.54, 1.807) is 11.3 Å². The summed E-state index contributed by atoms with van der Waals surface area (Å²) in [6.07, 6.45) is 7.23. The first kappa shape index (κ1) is 15.5. The van der Waals surface area contributed by atoms with Crippen LogP contribution < -0.4 is 5.32 Å². The quantitative estimate of drug-likeness (QED) is 0.894. The van der Waals surface area contributed by atoms with Gasteiger partial charge < -0.3 is 10.4 Å². The molecule has 22 heavy (non-hydrogen) atoms. The van der Waals surface area contributed by atoms with Gasteiger partial charge in [-0.2, -0.15) is 0 Å². The number of amides is 1. The van der Waals surface area contributed by atoms with Crippen LogP contribution in [-0.2, 0) is 15.0 Å². The Kier molecular flexibility index (Phi) is 4.52. The minimum absolute atomic E-state index is 0.0207. The summed E-state index contributed by atoms with van der Waals surface area (Å²) in [6.45, 7) is 0. The van der Waals surface area contributed by atoms with Crippen LogP contribution in [-0.4, -0.2) is 23.0 Å². The van der Waals surface area contributed by atoms with Gasteiger partial charge in [-0.1, -0.05) is 25.3 Å². The van der Waals surface area contributed by atoms with Gasteiger partial charge in [0.1, 0.15) is 0 Å². The third-order valence-corrected chi connectivity index (χ3v) is 6.33. The van der Waals surface area contributed by atoms with Gasteiger partial charge in [0.25, 0.3) is 0 Å². The number of nitrogens with one attached hydrogen (secondary N) is 1. The molecule has 4 nitrogen and oxygen atoms in total. The van der Waals surface area contributed by atoms with Crippen molar-refractivity contribution < 1.29 is 14.7 Å². The molecule has 0 spiro atoms. The summed E-state index contributed by atoms with van der Waals surface area (Å²) >= 11 is 1.67. The van der Waals surface area contributed by atoms with E-state index in [9.17, 15) is 9.59 Å². The van der Waals surface area contributed by atoms with Crippen molar-refractivity contribution in [3.63, 3.8) is 0 Å². The van der Waals surface area contributed by atoms with Crippen molar-refractivity contribution in [3.05, 3.63) is 22.4 Å². The number of rotatable bonds is 4. The summed E-state index contributed by atoms with van der Waals surface area (Å²) in [7, 11) is 0. The second-order valence-corrected chi connectivity index (χ2v) is 7.59. The fourth-order valence-electron chi connectivity index (χ4n) is 3.95. The van der Waals surface area contributed by atoms with Gasteiger partial charge in [0, 0.05) is 10.9 Å². The van der Waals surface area contributed by atoms with Crippen LogP contribution in [0.5, 0.6) is 0 Å². The summed E-state index contributed by atoms with van der Waals surface area (Å²) < 4.78 is 0. The summed E-state index contributed by atoms with van der Waals surface area (Å²) in [6, 6.07) is 4.11. The van der Waals surface area contributed by atoms with E-state index in [0.29, 0.717) is 12.8 Å². The number of aliphatic carboxylic acids is 1. The Morgan fingerprint density at radius 1 is 1.23 bits per heavy atom. The Morgan fingerprint density at radius 2 is 2.00 bits per heavy atom. The van der Waals surface area contributed by atoms with Crippen molar-refractivity contribution in [1.29, 1.82) is 0 Å². The molecule has 0 aliphatic heterocycles. The number of carboxylic acids is 1. The summed E-state index contributed by atoms with van der Waals surface area (Å²) in [5, 5.41) is 14.3. The molecule has 1 heterocycles. The number of carboxylic acid groups (broad SMARTS) is 1. The standard InChI is InChI=1S/C17H23NO3S/c19-15(20)12-6-7-13(11-12)18-16(21)17(8-2-1-3-9-17)14-5-4-10-22-14/h4-5,10,12-13H,1-3,6-9,11H2,(H,18,21)(H,19,20)/t12-,13+/m0/s1. The maximum atomic E-state index is 13.0. The Balaban J connectivity index is 1.72. The van der Waals surface area contributed by atoms with E-state index in [1.165, 1.54) is 6.42 Å². The molecule has 2 atom stereocenters.